The molecule has 0 aromatic heterocycles. The zero-order chi connectivity index (χ0) is 15.5. The second-order valence-electron chi connectivity index (χ2n) is 7.52. The van der Waals surface area contributed by atoms with Crippen LogP contribution in [-0.4, -0.2) is 42.5 Å². The number of hydrogen-bond acceptors (Lipinski definition) is 5. The van der Waals surface area contributed by atoms with Gasteiger partial charge in [-0.15, -0.1) is 0 Å². The lowest BCUT2D eigenvalue weighted by Crippen LogP contribution is -2.57. The van der Waals surface area contributed by atoms with E-state index in [0.29, 0.717) is 5.92 Å². The van der Waals surface area contributed by atoms with E-state index in [-0.39, 0.29) is 23.2 Å². The number of ether oxygens (including phenoxy) is 2. The summed E-state index contributed by atoms with van der Waals surface area (Å²) in [6, 6.07) is 0.191. The standard InChI is InChI=1S/C16H32N2O2S/c1-5-19-14(15(2,3)4)13(18-17)12-6-8-20-16(10-12)7-9-21-11-16/h12-14,18H,5-11,17H2,1-4H3. The van der Waals surface area contributed by atoms with Gasteiger partial charge in [-0.3, -0.25) is 11.3 Å². The molecule has 0 aromatic rings. The molecule has 0 radical (unpaired) electrons. The average molecular weight is 317 g/mol. The number of hydrazine groups is 1. The lowest BCUT2D eigenvalue weighted by Gasteiger charge is -2.45. The van der Waals surface area contributed by atoms with Crippen LogP contribution in [0, 0.1) is 11.3 Å². The Balaban J connectivity index is 2.11. The Labute approximate surface area is 133 Å². The minimum Gasteiger partial charge on any atom is -0.376 e. The van der Waals surface area contributed by atoms with Gasteiger partial charge in [0, 0.05) is 19.0 Å². The largest absolute Gasteiger partial charge is 0.376 e. The van der Waals surface area contributed by atoms with Gasteiger partial charge < -0.3 is 9.47 Å². The van der Waals surface area contributed by atoms with Crippen LogP contribution in [0.1, 0.15) is 47.0 Å². The minimum absolute atomic E-state index is 0.0724. The second kappa shape index (κ2) is 7.18. The van der Waals surface area contributed by atoms with Crippen LogP contribution in [0.3, 0.4) is 0 Å². The first-order valence-electron chi connectivity index (χ1n) is 8.21. The third-order valence-corrected chi connectivity index (χ3v) is 6.05. The van der Waals surface area contributed by atoms with E-state index in [1.54, 1.807) is 0 Å². The molecule has 2 aliphatic rings. The summed E-state index contributed by atoms with van der Waals surface area (Å²) in [6.07, 6.45) is 3.48. The molecule has 1 spiro atoms. The molecule has 2 fully saturated rings. The molecular formula is C16H32N2O2S. The number of thioether (sulfide) groups is 1. The van der Waals surface area contributed by atoms with Crippen LogP contribution in [0.5, 0.6) is 0 Å². The van der Waals surface area contributed by atoms with E-state index in [4.69, 9.17) is 15.3 Å². The second-order valence-corrected chi connectivity index (χ2v) is 8.63. The van der Waals surface area contributed by atoms with Gasteiger partial charge in [-0.1, -0.05) is 20.8 Å². The fourth-order valence-corrected chi connectivity index (χ4v) is 5.16. The molecule has 2 aliphatic heterocycles. The number of hydrogen-bond donors (Lipinski definition) is 2. The molecule has 2 rings (SSSR count). The first-order valence-corrected chi connectivity index (χ1v) is 9.37. The third-order valence-electron chi connectivity index (χ3n) is 4.82. The third kappa shape index (κ3) is 4.14. The van der Waals surface area contributed by atoms with E-state index in [1.807, 2.05) is 11.8 Å². The Morgan fingerprint density at radius 2 is 2.24 bits per heavy atom. The van der Waals surface area contributed by atoms with E-state index in [1.165, 1.54) is 12.2 Å². The van der Waals surface area contributed by atoms with Crippen molar-refractivity contribution < 1.29 is 9.47 Å². The molecule has 2 saturated heterocycles. The maximum Gasteiger partial charge on any atom is 0.0792 e. The van der Waals surface area contributed by atoms with Crippen LogP contribution in [0.4, 0.5) is 0 Å². The van der Waals surface area contributed by atoms with Gasteiger partial charge >= 0.3 is 0 Å². The van der Waals surface area contributed by atoms with Crippen LogP contribution < -0.4 is 11.3 Å². The SMILES string of the molecule is CCOC(C(NN)C1CCOC2(CCSC2)C1)C(C)(C)C. The van der Waals surface area contributed by atoms with Crippen LogP contribution in [0.25, 0.3) is 0 Å². The van der Waals surface area contributed by atoms with Crippen LogP contribution in [0.2, 0.25) is 0 Å². The average Bonchev–Trinajstić information content (AvgIpc) is 2.86. The molecule has 0 amide bonds. The molecule has 124 valence electrons. The van der Waals surface area contributed by atoms with Crippen molar-refractivity contribution in [1.82, 2.24) is 5.43 Å². The molecule has 0 aromatic carbocycles. The van der Waals surface area contributed by atoms with Gasteiger partial charge in [0.1, 0.15) is 0 Å². The molecule has 0 saturated carbocycles. The van der Waals surface area contributed by atoms with E-state index in [0.717, 1.165) is 31.8 Å². The highest BCUT2D eigenvalue weighted by atomic mass is 32.2. The van der Waals surface area contributed by atoms with Gasteiger partial charge in [0.05, 0.1) is 17.7 Å². The molecule has 2 heterocycles. The quantitative estimate of drug-likeness (QED) is 0.603. The first kappa shape index (κ1) is 17.5. The summed E-state index contributed by atoms with van der Waals surface area (Å²) in [7, 11) is 0. The van der Waals surface area contributed by atoms with Crippen molar-refractivity contribution in [2.45, 2.75) is 64.7 Å². The lowest BCUT2D eigenvalue weighted by atomic mass is 9.74. The van der Waals surface area contributed by atoms with Crippen LogP contribution in [0.15, 0.2) is 0 Å². The summed E-state index contributed by atoms with van der Waals surface area (Å²) >= 11 is 2.02. The van der Waals surface area contributed by atoms with E-state index < -0.39 is 0 Å². The van der Waals surface area contributed by atoms with Gasteiger partial charge in [0.2, 0.25) is 0 Å². The van der Waals surface area contributed by atoms with E-state index in [2.05, 4.69) is 33.1 Å². The van der Waals surface area contributed by atoms with Crippen molar-refractivity contribution in [3.05, 3.63) is 0 Å². The lowest BCUT2D eigenvalue weighted by molar-refractivity contribution is -0.110. The Bertz CT molecular complexity index is 327. The molecule has 3 N–H and O–H groups in total. The normalized spacial score (nSPS) is 33.3. The summed E-state index contributed by atoms with van der Waals surface area (Å²) in [5.74, 6) is 8.83. The molecule has 0 aliphatic carbocycles. The van der Waals surface area contributed by atoms with Gasteiger partial charge in [-0.05, 0) is 43.3 Å². The van der Waals surface area contributed by atoms with Crippen molar-refractivity contribution in [3.63, 3.8) is 0 Å². The van der Waals surface area contributed by atoms with Crippen molar-refractivity contribution in [1.29, 1.82) is 0 Å². The molecule has 21 heavy (non-hydrogen) atoms. The van der Waals surface area contributed by atoms with Crippen molar-refractivity contribution >= 4 is 11.8 Å². The monoisotopic (exact) mass is 316 g/mol. The van der Waals surface area contributed by atoms with Gasteiger partial charge in [0.15, 0.2) is 0 Å². The van der Waals surface area contributed by atoms with Crippen molar-refractivity contribution in [2.24, 2.45) is 17.2 Å². The van der Waals surface area contributed by atoms with E-state index >= 15 is 0 Å². The zero-order valence-corrected chi connectivity index (χ0v) is 14.8. The Kier molecular flexibility index (Phi) is 5.99. The van der Waals surface area contributed by atoms with Crippen LogP contribution in [-0.2, 0) is 9.47 Å². The van der Waals surface area contributed by atoms with E-state index in [9.17, 15) is 0 Å². The number of nitrogens with two attached hydrogens (primary N) is 1. The predicted octanol–water partition coefficient (Wildman–Crippen LogP) is 2.57. The number of rotatable bonds is 5. The van der Waals surface area contributed by atoms with Gasteiger partial charge in [-0.2, -0.15) is 11.8 Å². The topological polar surface area (TPSA) is 56.5 Å². The fraction of sp³-hybridized carbons (Fsp3) is 1.00. The van der Waals surface area contributed by atoms with Crippen LogP contribution >= 0.6 is 11.8 Å². The molecule has 4 nitrogen and oxygen atoms in total. The maximum atomic E-state index is 6.15. The molecule has 0 bridgehead atoms. The summed E-state index contributed by atoms with van der Waals surface area (Å²) < 4.78 is 12.2. The highest BCUT2D eigenvalue weighted by Crippen LogP contribution is 2.43. The first-order chi connectivity index (χ1) is 9.92. The predicted molar refractivity (Wildman–Crippen MR) is 89.3 cm³/mol. The Morgan fingerprint density at radius 1 is 1.48 bits per heavy atom. The Hall–Kier alpha value is 0.190. The molecule has 4 atom stereocenters. The summed E-state index contributed by atoms with van der Waals surface area (Å²) in [6.45, 7) is 10.3. The summed E-state index contributed by atoms with van der Waals surface area (Å²) in [4.78, 5) is 0. The molecule has 4 unspecified atom stereocenters. The highest BCUT2D eigenvalue weighted by molar-refractivity contribution is 7.99. The van der Waals surface area contributed by atoms with Crippen molar-refractivity contribution in [3.8, 4) is 0 Å². The minimum atomic E-state index is 0.0724. The smallest absolute Gasteiger partial charge is 0.0792 e. The summed E-state index contributed by atoms with van der Waals surface area (Å²) in [5, 5.41) is 0. The molecular weight excluding hydrogens is 284 g/mol. The van der Waals surface area contributed by atoms with Gasteiger partial charge in [-0.25, -0.2) is 0 Å². The fourth-order valence-electron chi connectivity index (χ4n) is 3.78. The van der Waals surface area contributed by atoms with Gasteiger partial charge in [0.25, 0.3) is 0 Å². The highest BCUT2D eigenvalue weighted by Gasteiger charge is 2.45. The maximum absolute atomic E-state index is 6.15. The zero-order valence-electron chi connectivity index (χ0n) is 14.0. The Morgan fingerprint density at radius 3 is 2.76 bits per heavy atom. The summed E-state index contributed by atoms with van der Waals surface area (Å²) in [5.41, 5.74) is 3.25. The number of nitrogens with one attached hydrogen (secondary N) is 1. The molecule has 5 heteroatoms. The van der Waals surface area contributed by atoms with Crippen molar-refractivity contribution in [2.75, 3.05) is 24.7 Å².